The number of amides is 2. The molecule has 0 radical (unpaired) electrons. The van der Waals surface area contributed by atoms with E-state index in [2.05, 4.69) is 5.32 Å². The van der Waals surface area contributed by atoms with Gasteiger partial charge >= 0.3 is 16.1 Å². The molecule has 1 fully saturated rings. The Hall–Kier alpha value is -2.68. The zero-order valence-electron chi connectivity index (χ0n) is 12.2. The summed E-state index contributed by atoms with van der Waals surface area (Å²) in [6, 6.07) is 7.29. The van der Waals surface area contributed by atoms with Crippen molar-refractivity contribution in [1.29, 1.82) is 0 Å². The van der Waals surface area contributed by atoms with Crippen molar-refractivity contribution in [2.24, 2.45) is 0 Å². The first-order valence-electron chi connectivity index (χ1n) is 6.91. The van der Waals surface area contributed by atoms with Crippen LogP contribution in [-0.2, 0) is 10.1 Å². The van der Waals surface area contributed by atoms with E-state index in [4.69, 9.17) is 4.18 Å². The van der Waals surface area contributed by atoms with Crippen LogP contribution in [0.4, 0.5) is 19.3 Å². The maximum absolute atomic E-state index is 13.1. The van der Waals surface area contributed by atoms with E-state index in [-0.39, 0.29) is 10.9 Å². The van der Waals surface area contributed by atoms with Gasteiger partial charge in [0.05, 0.1) is 0 Å². The Morgan fingerprint density at radius 3 is 2.21 bits per heavy atom. The lowest BCUT2D eigenvalue weighted by atomic mass is 10.3. The van der Waals surface area contributed by atoms with Crippen LogP contribution in [0.5, 0.6) is 5.75 Å². The summed E-state index contributed by atoms with van der Waals surface area (Å²) in [7, 11) is -4.25. The molecule has 0 saturated carbocycles. The van der Waals surface area contributed by atoms with Crippen LogP contribution in [0.15, 0.2) is 47.4 Å². The van der Waals surface area contributed by atoms with Gasteiger partial charge in [-0.3, -0.25) is 4.90 Å². The van der Waals surface area contributed by atoms with Gasteiger partial charge in [0.1, 0.15) is 22.3 Å². The molecule has 0 atom stereocenters. The van der Waals surface area contributed by atoms with E-state index in [1.54, 1.807) is 0 Å². The third-order valence-electron chi connectivity index (χ3n) is 3.34. The van der Waals surface area contributed by atoms with Crippen molar-refractivity contribution in [1.82, 2.24) is 5.32 Å². The van der Waals surface area contributed by atoms with Crippen molar-refractivity contribution in [2.75, 3.05) is 18.0 Å². The van der Waals surface area contributed by atoms with E-state index in [0.717, 1.165) is 12.1 Å². The monoisotopic (exact) mass is 354 g/mol. The summed E-state index contributed by atoms with van der Waals surface area (Å²) < 4.78 is 55.3. The first-order chi connectivity index (χ1) is 11.3. The minimum Gasteiger partial charge on any atom is -0.379 e. The number of rotatable bonds is 4. The number of nitrogens with zero attached hydrogens (tertiary/aromatic N) is 1. The van der Waals surface area contributed by atoms with Gasteiger partial charge in [-0.15, -0.1) is 0 Å². The van der Waals surface area contributed by atoms with Crippen molar-refractivity contribution in [3.8, 4) is 5.75 Å². The van der Waals surface area contributed by atoms with Crippen LogP contribution >= 0.6 is 0 Å². The molecule has 1 heterocycles. The molecule has 3 rings (SSSR count). The zero-order chi connectivity index (χ0) is 17.3. The van der Waals surface area contributed by atoms with E-state index < -0.39 is 27.5 Å². The van der Waals surface area contributed by atoms with Crippen LogP contribution < -0.4 is 14.4 Å². The molecule has 1 N–H and O–H groups in total. The van der Waals surface area contributed by atoms with Gasteiger partial charge in [0.2, 0.25) is 0 Å². The molecule has 1 aliphatic heterocycles. The van der Waals surface area contributed by atoms with Gasteiger partial charge in [-0.1, -0.05) is 0 Å². The Labute approximate surface area is 136 Å². The maximum atomic E-state index is 13.1. The Balaban J connectivity index is 1.83. The average Bonchev–Trinajstić information content (AvgIpc) is 2.92. The summed E-state index contributed by atoms with van der Waals surface area (Å²) in [5.41, 5.74) is 0.528. The molecule has 126 valence electrons. The standard InChI is InChI=1S/C15H12F2N2O4S/c16-10-7-11(17)9-13(8-10)23-24(21,22)14-3-1-12(2-4-14)19-6-5-18-15(19)20/h1-4,7-9H,5-6H2,(H,18,20). The maximum Gasteiger partial charge on any atom is 0.339 e. The second-order valence-corrected chi connectivity index (χ2v) is 6.57. The van der Waals surface area contributed by atoms with Crippen molar-refractivity contribution >= 4 is 21.8 Å². The number of carbonyl (C=O) groups excluding carboxylic acids is 1. The van der Waals surface area contributed by atoms with Gasteiger partial charge in [-0.2, -0.15) is 8.42 Å². The second kappa shape index (κ2) is 6.08. The molecule has 0 unspecified atom stereocenters. The molecule has 0 aromatic heterocycles. The fraction of sp³-hybridized carbons (Fsp3) is 0.133. The number of carbonyl (C=O) groups is 1. The Morgan fingerprint density at radius 2 is 1.67 bits per heavy atom. The SMILES string of the molecule is O=C1NCCN1c1ccc(S(=O)(=O)Oc2cc(F)cc(F)c2)cc1. The van der Waals surface area contributed by atoms with Gasteiger partial charge in [-0.25, -0.2) is 13.6 Å². The summed E-state index contributed by atoms with van der Waals surface area (Å²) >= 11 is 0. The highest BCUT2D eigenvalue weighted by molar-refractivity contribution is 7.87. The van der Waals surface area contributed by atoms with Crippen LogP contribution in [0.2, 0.25) is 0 Å². The predicted octanol–water partition coefficient (Wildman–Crippen LogP) is 2.26. The molecule has 9 heteroatoms. The Kier molecular flexibility index (Phi) is 4.10. The molecule has 2 amide bonds. The molecule has 0 spiro atoms. The first kappa shape index (κ1) is 16.2. The number of anilines is 1. The number of benzene rings is 2. The predicted molar refractivity (Wildman–Crippen MR) is 81.4 cm³/mol. The van der Waals surface area contributed by atoms with Crippen LogP contribution in [0.1, 0.15) is 0 Å². The Morgan fingerprint density at radius 1 is 1.04 bits per heavy atom. The highest BCUT2D eigenvalue weighted by Gasteiger charge is 2.23. The van der Waals surface area contributed by atoms with Crippen LogP contribution in [0.3, 0.4) is 0 Å². The minimum absolute atomic E-state index is 0.199. The van der Waals surface area contributed by atoms with Gasteiger partial charge < -0.3 is 9.50 Å². The average molecular weight is 354 g/mol. The fourth-order valence-corrected chi connectivity index (χ4v) is 3.18. The molecule has 1 aliphatic rings. The fourth-order valence-electron chi connectivity index (χ4n) is 2.26. The lowest BCUT2D eigenvalue weighted by molar-refractivity contribution is 0.252. The number of halogens is 2. The van der Waals surface area contributed by atoms with Gasteiger partial charge in [0, 0.05) is 37.0 Å². The summed E-state index contributed by atoms with van der Waals surface area (Å²) in [4.78, 5) is 12.8. The van der Waals surface area contributed by atoms with Crippen molar-refractivity contribution in [2.45, 2.75) is 4.90 Å². The first-order valence-corrected chi connectivity index (χ1v) is 8.32. The molecule has 1 saturated heterocycles. The number of nitrogens with one attached hydrogen (secondary N) is 1. The zero-order valence-corrected chi connectivity index (χ0v) is 13.0. The molecule has 2 aromatic carbocycles. The van der Waals surface area contributed by atoms with Gasteiger partial charge in [0.15, 0.2) is 0 Å². The highest BCUT2D eigenvalue weighted by atomic mass is 32.2. The lowest BCUT2D eigenvalue weighted by Crippen LogP contribution is -2.27. The smallest absolute Gasteiger partial charge is 0.339 e. The largest absolute Gasteiger partial charge is 0.379 e. The van der Waals surface area contributed by atoms with E-state index in [1.165, 1.54) is 29.2 Å². The van der Waals surface area contributed by atoms with Crippen LogP contribution in [-0.4, -0.2) is 27.5 Å². The summed E-state index contributed by atoms with van der Waals surface area (Å²) in [6.45, 7) is 0.983. The second-order valence-electron chi connectivity index (χ2n) is 5.02. The highest BCUT2D eigenvalue weighted by Crippen LogP contribution is 2.23. The van der Waals surface area contributed by atoms with Crippen LogP contribution in [0.25, 0.3) is 0 Å². The lowest BCUT2D eigenvalue weighted by Gasteiger charge is -2.14. The Bertz CT molecular complexity index is 865. The number of hydrogen-bond donors (Lipinski definition) is 1. The minimum atomic E-state index is -4.25. The molecule has 0 aliphatic carbocycles. The number of urea groups is 1. The van der Waals surface area contributed by atoms with Crippen molar-refractivity contribution < 1.29 is 26.2 Å². The summed E-state index contributed by atoms with van der Waals surface area (Å²) in [5.74, 6) is -2.36. The van der Waals surface area contributed by atoms with Crippen molar-refractivity contribution in [3.05, 3.63) is 54.1 Å². The van der Waals surface area contributed by atoms with E-state index in [0.29, 0.717) is 24.8 Å². The van der Waals surface area contributed by atoms with E-state index in [9.17, 15) is 22.0 Å². The quantitative estimate of drug-likeness (QED) is 0.855. The summed E-state index contributed by atoms with van der Waals surface area (Å²) in [6.07, 6.45) is 0. The number of hydrogen-bond acceptors (Lipinski definition) is 4. The van der Waals surface area contributed by atoms with E-state index in [1.807, 2.05) is 0 Å². The molecule has 24 heavy (non-hydrogen) atoms. The van der Waals surface area contributed by atoms with E-state index >= 15 is 0 Å². The van der Waals surface area contributed by atoms with Crippen LogP contribution in [0, 0.1) is 11.6 Å². The third kappa shape index (κ3) is 3.30. The van der Waals surface area contributed by atoms with Crippen molar-refractivity contribution in [3.63, 3.8) is 0 Å². The molecular weight excluding hydrogens is 342 g/mol. The molecule has 6 nitrogen and oxygen atoms in total. The molecular formula is C15H12F2N2O4S. The summed E-state index contributed by atoms with van der Waals surface area (Å²) in [5, 5.41) is 2.63. The third-order valence-corrected chi connectivity index (χ3v) is 4.60. The molecule has 0 bridgehead atoms. The van der Waals surface area contributed by atoms with Gasteiger partial charge in [-0.05, 0) is 24.3 Å². The normalized spacial score (nSPS) is 14.6. The van der Waals surface area contributed by atoms with Gasteiger partial charge in [0.25, 0.3) is 0 Å². The molecule has 2 aromatic rings. The topological polar surface area (TPSA) is 75.7 Å².